The molecular weight excluding hydrogens is 464 g/mol. The van der Waals surface area contributed by atoms with Crippen molar-refractivity contribution < 1.29 is 25.2 Å². The van der Waals surface area contributed by atoms with E-state index in [1.54, 1.807) is 30.3 Å². The van der Waals surface area contributed by atoms with Crippen LogP contribution in [0.4, 0.5) is 0 Å². The van der Waals surface area contributed by atoms with Crippen molar-refractivity contribution in [3.63, 3.8) is 0 Å². The van der Waals surface area contributed by atoms with E-state index < -0.39 is 37.3 Å². The lowest BCUT2D eigenvalue weighted by atomic mass is 9.95. The van der Waals surface area contributed by atoms with Crippen LogP contribution in [0.5, 0.6) is 0 Å². The van der Waals surface area contributed by atoms with Crippen LogP contribution in [0.3, 0.4) is 0 Å². The lowest BCUT2D eigenvalue weighted by molar-refractivity contribution is -0.251. The molecule has 0 spiro atoms. The second kappa shape index (κ2) is 9.71. The van der Waals surface area contributed by atoms with Crippen LogP contribution in [-0.2, 0) is 4.74 Å². The number of aliphatic hydroxyl groups excluding tert-OH is 4. The summed E-state index contributed by atoms with van der Waals surface area (Å²) in [5.41, 5.74) is 2.72. The Morgan fingerprint density at radius 3 is 2.24 bits per heavy atom. The van der Waals surface area contributed by atoms with Gasteiger partial charge in [0.1, 0.15) is 35.1 Å². The van der Waals surface area contributed by atoms with E-state index in [0.29, 0.717) is 21.8 Å². The van der Waals surface area contributed by atoms with Gasteiger partial charge in [0.15, 0.2) is 6.23 Å². The summed E-state index contributed by atoms with van der Waals surface area (Å²) in [4.78, 5) is 0. The van der Waals surface area contributed by atoms with Gasteiger partial charge in [-0.15, -0.1) is 0 Å². The molecule has 4 rings (SSSR count). The molecule has 0 bridgehead atoms. The SMILES string of the molecule is N#Cc1c(-c2ccccc2)cc(-c2ccc(Cl)cc2)n([C@@H]2O[C@H](CO)[C@@H](O)[C@H](O)[C@H]2O)c1=S. The number of rotatable bonds is 4. The molecular formula is C24H21ClN2O5S. The second-order valence-electron chi connectivity index (χ2n) is 7.70. The van der Waals surface area contributed by atoms with Crippen molar-refractivity contribution in [2.45, 2.75) is 30.6 Å². The third-order valence-corrected chi connectivity index (χ3v) is 6.35. The lowest BCUT2D eigenvalue weighted by Gasteiger charge is -2.41. The average Bonchev–Trinajstić information content (AvgIpc) is 2.84. The average molecular weight is 485 g/mol. The standard InChI is InChI=1S/C24H21ClN2O5S/c25-15-8-6-14(7-9-15)18-10-16(13-4-2-1-3-5-13)17(11-26)24(33)27(18)23-22(31)21(30)20(29)19(12-28)32-23/h1-10,19-23,28-31H,12H2/t19-,20-,21+,22-,23-/m1/s1. The summed E-state index contributed by atoms with van der Waals surface area (Å²) in [6.45, 7) is -0.585. The van der Waals surface area contributed by atoms with E-state index in [2.05, 4.69) is 6.07 Å². The summed E-state index contributed by atoms with van der Waals surface area (Å²) in [6, 6.07) is 20.1. The number of ether oxygens (including phenoxy) is 1. The molecule has 0 saturated carbocycles. The number of pyridine rings is 1. The van der Waals surface area contributed by atoms with Gasteiger partial charge in [-0.25, -0.2) is 0 Å². The maximum Gasteiger partial charge on any atom is 0.164 e. The Morgan fingerprint density at radius 2 is 1.64 bits per heavy atom. The molecule has 0 unspecified atom stereocenters. The van der Waals surface area contributed by atoms with Crippen molar-refractivity contribution in [1.82, 2.24) is 4.57 Å². The molecule has 1 saturated heterocycles. The molecule has 3 aromatic rings. The largest absolute Gasteiger partial charge is 0.394 e. The molecule has 0 aliphatic carbocycles. The van der Waals surface area contributed by atoms with Gasteiger partial charge in [-0.3, -0.25) is 0 Å². The number of benzene rings is 2. The third kappa shape index (κ3) is 4.33. The summed E-state index contributed by atoms with van der Waals surface area (Å²) in [6.07, 6.45) is -7.09. The first-order valence-corrected chi connectivity index (χ1v) is 11.0. The van der Waals surface area contributed by atoms with Gasteiger partial charge >= 0.3 is 0 Å². The van der Waals surface area contributed by atoms with Crippen LogP contribution in [0, 0.1) is 16.0 Å². The lowest BCUT2D eigenvalue weighted by Crippen LogP contribution is -2.56. The number of hydrogen-bond donors (Lipinski definition) is 4. The van der Waals surface area contributed by atoms with Crippen LogP contribution in [-0.4, -0.2) is 56.0 Å². The van der Waals surface area contributed by atoms with E-state index in [0.717, 1.165) is 5.56 Å². The summed E-state index contributed by atoms with van der Waals surface area (Å²) < 4.78 is 7.29. The number of hydrogen-bond acceptors (Lipinski definition) is 7. The number of aliphatic hydroxyl groups is 4. The van der Waals surface area contributed by atoms with Gasteiger partial charge in [-0.1, -0.05) is 66.3 Å². The first-order valence-electron chi connectivity index (χ1n) is 10.2. The smallest absolute Gasteiger partial charge is 0.164 e. The van der Waals surface area contributed by atoms with Crippen molar-refractivity contribution in [2.75, 3.05) is 6.61 Å². The quantitative estimate of drug-likeness (QED) is 0.420. The van der Waals surface area contributed by atoms with E-state index in [1.807, 2.05) is 30.3 Å². The minimum absolute atomic E-state index is 0.0770. The molecule has 0 radical (unpaired) electrons. The van der Waals surface area contributed by atoms with E-state index in [-0.39, 0.29) is 10.2 Å². The van der Waals surface area contributed by atoms with E-state index in [4.69, 9.17) is 28.6 Å². The number of nitriles is 1. The molecule has 33 heavy (non-hydrogen) atoms. The topological polar surface area (TPSA) is 119 Å². The van der Waals surface area contributed by atoms with Crippen molar-refractivity contribution in [1.29, 1.82) is 5.26 Å². The fourth-order valence-corrected chi connectivity index (χ4v) is 4.45. The number of nitrogens with zero attached hydrogens (tertiary/aromatic N) is 2. The van der Waals surface area contributed by atoms with E-state index in [1.165, 1.54) is 4.57 Å². The Hall–Kier alpha value is -2.61. The zero-order valence-electron chi connectivity index (χ0n) is 17.2. The number of aromatic nitrogens is 1. The van der Waals surface area contributed by atoms with Crippen LogP contribution < -0.4 is 0 Å². The van der Waals surface area contributed by atoms with Crippen LogP contribution in [0.1, 0.15) is 11.8 Å². The zero-order chi connectivity index (χ0) is 23.7. The molecule has 5 atom stereocenters. The van der Waals surface area contributed by atoms with E-state index in [9.17, 15) is 25.7 Å². The summed E-state index contributed by atoms with van der Waals surface area (Å²) in [5.74, 6) is 0. The molecule has 7 nitrogen and oxygen atoms in total. The fraction of sp³-hybridized carbons (Fsp3) is 0.250. The van der Waals surface area contributed by atoms with Gasteiger partial charge in [0.05, 0.1) is 17.9 Å². The van der Waals surface area contributed by atoms with Gasteiger partial charge in [0, 0.05) is 10.6 Å². The van der Waals surface area contributed by atoms with Gasteiger partial charge in [0.2, 0.25) is 0 Å². The first-order chi connectivity index (χ1) is 15.9. The van der Waals surface area contributed by atoms with Gasteiger partial charge in [0.25, 0.3) is 0 Å². The Balaban J connectivity index is 2.01. The molecule has 1 aromatic heterocycles. The van der Waals surface area contributed by atoms with Crippen LogP contribution in [0.25, 0.3) is 22.4 Å². The van der Waals surface area contributed by atoms with Gasteiger partial charge in [-0.05, 0) is 29.3 Å². The maximum atomic E-state index is 10.8. The predicted molar refractivity (Wildman–Crippen MR) is 125 cm³/mol. The normalized spacial score (nSPS) is 24.9. The number of halogens is 1. The van der Waals surface area contributed by atoms with Crippen molar-refractivity contribution >= 4 is 23.8 Å². The Kier molecular flexibility index (Phi) is 6.93. The molecule has 2 heterocycles. The Labute approximate surface area is 200 Å². The monoisotopic (exact) mass is 484 g/mol. The molecule has 9 heteroatoms. The molecule has 1 aliphatic heterocycles. The van der Waals surface area contributed by atoms with Gasteiger partial charge in [-0.2, -0.15) is 5.26 Å². The zero-order valence-corrected chi connectivity index (χ0v) is 18.8. The summed E-state index contributed by atoms with van der Waals surface area (Å²) in [5, 5.41) is 51.4. The molecule has 0 amide bonds. The molecule has 1 aliphatic rings. The minimum atomic E-state index is -1.60. The van der Waals surface area contributed by atoms with E-state index >= 15 is 0 Å². The maximum absolute atomic E-state index is 10.8. The minimum Gasteiger partial charge on any atom is -0.394 e. The summed E-state index contributed by atoms with van der Waals surface area (Å²) in [7, 11) is 0. The second-order valence-corrected chi connectivity index (χ2v) is 8.52. The van der Waals surface area contributed by atoms with Crippen LogP contribution in [0.15, 0.2) is 60.7 Å². The molecule has 4 N–H and O–H groups in total. The molecule has 1 fully saturated rings. The molecule has 2 aromatic carbocycles. The first kappa shape index (κ1) is 23.5. The van der Waals surface area contributed by atoms with Gasteiger partial charge < -0.3 is 29.7 Å². The highest BCUT2D eigenvalue weighted by Crippen LogP contribution is 2.37. The Morgan fingerprint density at radius 1 is 0.970 bits per heavy atom. The fourth-order valence-electron chi connectivity index (χ4n) is 3.97. The van der Waals surface area contributed by atoms with Crippen molar-refractivity contribution in [3.8, 4) is 28.5 Å². The third-order valence-electron chi connectivity index (χ3n) is 5.70. The van der Waals surface area contributed by atoms with Crippen LogP contribution >= 0.6 is 23.8 Å². The van der Waals surface area contributed by atoms with Crippen molar-refractivity contribution in [2.24, 2.45) is 0 Å². The Bertz CT molecular complexity index is 1240. The highest BCUT2D eigenvalue weighted by Gasteiger charge is 2.45. The highest BCUT2D eigenvalue weighted by molar-refractivity contribution is 7.71. The highest BCUT2D eigenvalue weighted by atomic mass is 35.5. The van der Waals surface area contributed by atoms with Crippen LogP contribution in [0.2, 0.25) is 5.02 Å². The predicted octanol–water partition coefficient (Wildman–Crippen LogP) is 3.05. The van der Waals surface area contributed by atoms with Crippen molar-refractivity contribution in [3.05, 3.63) is 75.9 Å². The summed E-state index contributed by atoms with van der Waals surface area (Å²) >= 11 is 11.8. The molecule has 170 valence electrons.